The van der Waals surface area contributed by atoms with Crippen LogP contribution in [0.1, 0.15) is 31.2 Å². The van der Waals surface area contributed by atoms with E-state index >= 15 is 0 Å². The van der Waals surface area contributed by atoms with Gasteiger partial charge in [0.2, 0.25) is 0 Å². The Morgan fingerprint density at radius 2 is 1.88 bits per heavy atom. The third-order valence-electron chi connectivity index (χ3n) is 2.53. The van der Waals surface area contributed by atoms with E-state index in [1.165, 1.54) is 0 Å². The fourth-order valence-corrected chi connectivity index (χ4v) is 2.92. The predicted molar refractivity (Wildman–Crippen MR) is 75.3 cm³/mol. The molecule has 0 aliphatic carbocycles. The van der Waals surface area contributed by atoms with Crippen molar-refractivity contribution in [3.8, 4) is 11.5 Å². The summed E-state index contributed by atoms with van der Waals surface area (Å²) in [6.45, 7) is 4.31. The summed E-state index contributed by atoms with van der Waals surface area (Å²) in [4.78, 5) is 0. The van der Waals surface area contributed by atoms with Crippen molar-refractivity contribution < 1.29 is 9.47 Å². The molecular weight excluding hydrogens is 303 g/mol. The van der Waals surface area contributed by atoms with Crippen LogP contribution in [-0.4, -0.2) is 14.2 Å². The second-order valence-corrected chi connectivity index (χ2v) is 5.62. The molecule has 1 aromatic carbocycles. The summed E-state index contributed by atoms with van der Waals surface area (Å²) >= 11 is 9.89. The van der Waals surface area contributed by atoms with Crippen LogP contribution in [-0.2, 0) is 0 Å². The monoisotopic (exact) mass is 320 g/mol. The van der Waals surface area contributed by atoms with E-state index in [1.807, 2.05) is 12.1 Å². The number of methoxy groups -OCH3 is 2. The van der Waals surface area contributed by atoms with Crippen molar-refractivity contribution in [3.63, 3.8) is 0 Å². The Balaban J connectivity index is 3.11. The van der Waals surface area contributed by atoms with Crippen LogP contribution in [0.2, 0.25) is 0 Å². The zero-order valence-corrected chi connectivity index (χ0v) is 12.9. The quantitative estimate of drug-likeness (QED) is 0.726. The lowest BCUT2D eigenvalue weighted by Crippen LogP contribution is -2.01. The third kappa shape index (κ3) is 3.52. The molecule has 2 nitrogen and oxygen atoms in total. The first-order chi connectivity index (χ1) is 8.01. The molecule has 0 saturated heterocycles. The second-order valence-electron chi connectivity index (χ2n) is 4.30. The van der Waals surface area contributed by atoms with Crippen LogP contribution in [0, 0.1) is 5.92 Å². The highest BCUT2D eigenvalue weighted by Gasteiger charge is 2.19. The Bertz CT molecular complexity index is 380. The number of hydrogen-bond acceptors (Lipinski definition) is 2. The maximum Gasteiger partial charge on any atom is 0.141 e. The molecule has 96 valence electrons. The SMILES string of the molecule is COc1ccc(C(Cl)CC(C)C)c(OC)c1Br. The number of benzene rings is 1. The van der Waals surface area contributed by atoms with E-state index in [2.05, 4.69) is 29.8 Å². The largest absolute Gasteiger partial charge is 0.495 e. The molecule has 0 aliphatic heterocycles. The molecule has 0 amide bonds. The average Bonchev–Trinajstić information content (AvgIpc) is 2.27. The zero-order valence-electron chi connectivity index (χ0n) is 10.6. The van der Waals surface area contributed by atoms with Crippen LogP contribution < -0.4 is 9.47 Å². The molecule has 0 heterocycles. The lowest BCUT2D eigenvalue weighted by atomic mass is 10.0. The van der Waals surface area contributed by atoms with Crippen molar-refractivity contribution >= 4 is 27.5 Å². The van der Waals surface area contributed by atoms with Gasteiger partial charge in [-0.1, -0.05) is 19.9 Å². The first-order valence-corrected chi connectivity index (χ1v) is 6.78. The highest BCUT2D eigenvalue weighted by atomic mass is 79.9. The standard InChI is InChI=1S/C13H18BrClO2/c1-8(2)7-10(15)9-5-6-11(16-3)12(14)13(9)17-4/h5-6,8,10H,7H2,1-4H3. The van der Waals surface area contributed by atoms with Crippen molar-refractivity contribution in [3.05, 3.63) is 22.2 Å². The average molecular weight is 322 g/mol. The Kier molecular flexibility index (Phi) is 5.60. The third-order valence-corrected chi connectivity index (χ3v) is 3.70. The Hall–Kier alpha value is -0.410. The molecule has 1 rings (SSSR count). The van der Waals surface area contributed by atoms with E-state index in [4.69, 9.17) is 21.1 Å². The van der Waals surface area contributed by atoms with Crippen LogP contribution >= 0.6 is 27.5 Å². The van der Waals surface area contributed by atoms with E-state index in [9.17, 15) is 0 Å². The summed E-state index contributed by atoms with van der Waals surface area (Å²) in [5.41, 5.74) is 0.996. The molecule has 0 aliphatic rings. The Morgan fingerprint density at radius 3 is 2.35 bits per heavy atom. The molecule has 0 bridgehead atoms. The highest BCUT2D eigenvalue weighted by molar-refractivity contribution is 9.10. The van der Waals surface area contributed by atoms with Gasteiger partial charge >= 0.3 is 0 Å². The van der Waals surface area contributed by atoms with E-state index in [0.717, 1.165) is 28.0 Å². The fourth-order valence-electron chi connectivity index (χ4n) is 1.71. The van der Waals surface area contributed by atoms with Crippen LogP contribution in [0.5, 0.6) is 11.5 Å². The van der Waals surface area contributed by atoms with Gasteiger partial charge in [-0.25, -0.2) is 0 Å². The summed E-state index contributed by atoms with van der Waals surface area (Å²) in [5.74, 6) is 2.05. The Morgan fingerprint density at radius 1 is 1.24 bits per heavy atom. The van der Waals surface area contributed by atoms with Crippen LogP contribution in [0.3, 0.4) is 0 Å². The van der Waals surface area contributed by atoms with E-state index in [1.54, 1.807) is 14.2 Å². The van der Waals surface area contributed by atoms with Gasteiger partial charge in [0, 0.05) is 5.56 Å². The smallest absolute Gasteiger partial charge is 0.141 e. The Labute approximate surface area is 116 Å². The van der Waals surface area contributed by atoms with Crippen LogP contribution in [0.15, 0.2) is 16.6 Å². The molecule has 0 radical (unpaired) electrons. The predicted octanol–water partition coefficient (Wildman–Crippen LogP) is 4.79. The zero-order chi connectivity index (χ0) is 13.0. The summed E-state index contributed by atoms with van der Waals surface area (Å²) in [6, 6.07) is 3.86. The normalized spacial score (nSPS) is 12.6. The number of alkyl halides is 1. The van der Waals surface area contributed by atoms with E-state index in [0.29, 0.717) is 5.92 Å². The van der Waals surface area contributed by atoms with Crippen molar-refractivity contribution in [2.75, 3.05) is 14.2 Å². The summed E-state index contributed by atoms with van der Waals surface area (Å²) < 4.78 is 11.5. The number of rotatable bonds is 5. The van der Waals surface area contributed by atoms with Gasteiger partial charge in [-0.3, -0.25) is 0 Å². The van der Waals surface area contributed by atoms with Gasteiger partial charge in [0.25, 0.3) is 0 Å². The molecule has 4 heteroatoms. The first kappa shape index (κ1) is 14.7. The molecular formula is C13H18BrClO2. The van der Waals surface area contributed by atoms with E-state index in [-0.39, 0.29) is 5.38 Å². The minimum Gasteiger partial charge on any atom is -0.495 e. The lowest BCUT2D eigenvalue weighted by molar-refractivity contribution is 0.384. The summed E-state index contributed by atoms with van der Waals surface area (Å²) in [7, 11) is 3.27. The highest BCUT2D eigenvalue weighted by Crippen LogP contribution is 2.42. The number of hydrogen-bond donors (Lipinski definition) is 0. The van der Waals surface area contributed by atoms with Crippen LogP contribution in [0.4, 0.5) is 0 Å². The molecule has 0 spiro atoms. The van der Waals surface area contributed by atoms with Gasteiger partial charge in [-0.2, -0.15) is 0 Å². The van der Waals surface area contributed by atoms with Gasteiger partial charge in [0.05, 0.1) is 19.6 Å². The molecule has 0 fully saturated rings. The van der Waals surface area contributed by atoms with Crippen molar-refractivity contribution in [2.45, 2.75) is 25.6 Å². The van der Waals surface area contributed by atoms with Crippen molar-refractivity contribution in [1.82, 2.24) is 0 Å². The van der Waals surface area contributed by atoms with Crippen molar-refractivity contribution in [2.24, 2.45) is 5.92 Å². The number of halogens is 2. The molecule has 1 atom stereocenters. The lowest BCUT2D eigenvalue weighted by Gasteiger charge is -2.18. The van der Waals surface area contributed by atoms with Gasteiger partial charge in [0.1, 0.15) is 16.0 Å². The van der Waals surface area contributed by atoms with Gasteiger partial charge in [-0.05, 0) is 34.3 Å². The van der Waals surface area contributed by atoms with Gasteiger partial charge in [-0.15, -0.1) is 11.6 Å². The molecule has 0 N–H and O–H groups in total. The van der Waals surface area contributed by atoms with Crippen molar-refractivity contribution in [1.29, 1.82) is 0 Å². The number of ether oxygens (including phenoxy) is 2. The topological polar surface area (TPSA) is 18.5 Å². The maximum atomic E-state index is 6.41. The summed E-state index contributed by atoms with van der Waals surface area (Å²) in [5, 5.41) is -0.0489. The molecule has 17 heavy (non-hydrogen) atoms. The minimum absolute atomic E-state index is 0.0489. The van der Waals surface area contributed by atoms with E-state index < -0.39 is 0 Å². The molecule has 1 aromatic rings. The first-order valence-electron chi connectivity index (χ1n) is 5.55. The van der Waals surface area contributed by atoms with Crippen LogP contribution in [0.25, 0.3) is 0 Å². The molecule has 0 aromatic heterocycles. The maximum absolute atomic E-state index is 6.41. The van der Waals surface area contributed by atoms with Gasteiger partial charge in [0.15, 0.2) is 0 Å². The molecule has 0 saturated carbocycles. The summed E-state index contributed by atoms with van der Waals surface area (Å²) in [6.07, 6.45) is 0.913. The molecule has 1 unspecified atom stereocenters. The second kappa shape index (κ2) is 6.50. The fraction of sp³-hybridized carbons (Fsp3) is 0.538. The van der Waals surface area contributed by atoms with Gasteiger partial charge < -0.3 is 9.47 Å². The minimum atomic E-state index is -0.0489.